The quantitative estimate of drug-likeness (QED) is 0.605. The van der Waals surface area contributed by atoms with Crippen molar-refractivity contribution in [1.82, 2.24) is 5.48 Å². The lowest BCUT2D eigenvalue weighted by Gasteiger charge is -2.15. The number of carboxylic acids is 1. The van der Waals surface area contributed by atoms with Gasteiger partial charge in [-0.1, -0.05) is 0 Å². The number of halogens is 3. The molecule has 18 heavy (non-hydrogen) atoms. The molecule has 0 unspecified atom stereocenters. The van der Waals surface area contributed by atoms with E-state index < -0.39 is 29.5 Å². The van der Waals surface area contributed by atoms with E-state index in [0.717, 1.165) is 0 Å². The maximum Gasteiger partial charge on any atom is 0.305 e. The predicted molar refractivity (Wildman–Crippen MR) is 56.2 cm³/mol. The van der Waals surface area contributed by atoms with Gasteiger partial charge in [-0.3, -0.25) is 4.79 Å². The van der Waals surface area contributed by atoms with Crippen LogP contribution in [0.1, 0.15) is 12.0 Å². The molecule has 0 fully saturated rings. The average molecular weight is 263 g/mol. The summed E-state index contributed by atoms with van der Waals surface area (Å²) in [6.45, 7) is 0. The van der Waals surface area contributed by atoms with Crippen LogP contribution in [0.3, 0.4) is 0 Å². The van der Waals surface area contributed by atoms with Crippen LogP contribution in [0.5, 0.6) is 0 Å². The molecule has 0 saturated heterocycles. The summed E-state index contributed by atoms with van der Waals surface area (Å²) in [5.74, 6) is -4.52. The van der Waals surface area contributed by atoms with Crippen molar-refractivity contribution in [3.8, 4) is 0 Å². The fraction of sp³-hybridized carbons (Fsp3) is 0.364. The van der Waals surface area contributed by atoms with Gasteiger partial charge in [0.1, 0.15) is 5.82 Å². The van der Waals surface area contributed by atoms with E-state index in [0.29, 0.717) is 12.1 Å². The van der Waals surface area contributed by atoms with Gasteiger partial charge in [-0.05, 0) is 18.1 Å². The summed E-state index contributed by atoms with van der Waals surface area (Å²) < 4.78 is 39.0. The van der Waals surface area contributed by atoms with E-state index in [-0.39, 0.29) is 18.4 Å². The number of rotatable bonds is 6. The third-order valence-electron chi connectivity index (χ3n) is 2.26. The highest BCUT2D eigenvalue weighted by Gasteiger charge is 2.17. The van der Waals surface area contributed by atoms with Gasteiger partial charge in [0.2, 0.25) is 0 Å². The van der Waals surface area contributed by atoms with Crippen molar-refractivity contribution in [2.45, 2.75) is 18.9 Å². The van der Waals surface area contributed by atoms with Crippen molar-refractivity contribution in [1.29, 1.82) is 0 Å². The van der Waals surface area contributed by atoms with Crippen LogP contribution in [0.25, 0.3) is 0 Å². The number of hydrogen-bond acceptors (Lipinski definition) is 3. The van der Waals surface area contributed by atoms with Gasteiger partial charge in [-0.2, -0.15) is 5.48 Å². The second-order valence-corrected chi connectivity index (χ2v) is 3.68. The van der Waals surface area contributed by atoms with Gasteiger partial charge in [0.05, 0.1) is 13.5 Å². The minimum absolute atomic E-state index is 0.121. The lowest BCUT2D eigenvalue weighted by Crippen LogP contribution is -2.33. The molecule has 0 amide bonds. The van der Waals surface area contributed by atoms with E-state index in [2.05, 4.69) is 10.3 Å². The molecule has 0 aliphatic heterocycles. The van der Waals surface area contributed by atoms with E-state index in [9.17, 15) is 18.0 Å². The molecule has 0 aliphatic carbocycles. The van der Waals surface area contributed by atoms with Crippen molar-refractivity contribution >= 4 is 5.97 Å². The summed E-state index contributed by atoms with van der Waals surface area (Å²) in [4.78, 5) is 15.1. The first-order valence-corrected chi connectivity index (χ1v) is 5.07. The molecule has 4 nitrogen and oxygen atoms in total. The Hall–Kier alpha value is -1.60. The van der Waals surface area contributed by atoms with Crippen molar-refractivity contribution in [2.75, 3.05) is 7.11 Å². The fourth-order valence-corrected chi connectivity index (χ4v) is 1.52. The van der Waals surface area contributed by atoms with Crippen molar-refractivity contribution in [3.05, 3.63) is 35.1 Å². The smallest absolute Gasteiger partial charge is 0.305 e. The van der Waals surface area contributed by atoms with Gasteiger partial charge >= 0.3 is 5.97 Å². The van der Waals surface area contributed by atoms with Gasteiger partial charge in [0.15, 0.2) is 11.6 Å². The monoisotopic (exact) mass is 263 g/mol. The molecule has 0 bridgehead atoms. The maximum absolute atomic E-state index is 13.3. The Morgan fingerprint density at radius 1 is 1.33 bits per heavy atom. The second-order valence-electron chi connectivity index (χ2n) is 3.68. The number of carbonyl (C=O) groups is 1. The molecule has 2 N–H and O–H groups in total. The van der Waals surface area contributed by atoms with Crippen LogP contribution in [0.2, 0.25) is 0 Å². The van der Waals surface area contributed by atoms with Gasteiger partial charge in [0, 0.05) is 12.1 Å². The molecule has 1 aromatic carbocycles. The highest BCUT2D eigenvalue weighted by atomic mass is 19.2. The van der Waals surface area contributed by atoms with Crippen LogP contribution in [0.4, 0.5) is 13.2 Å². The van der Waals surface area contributed by atoms with Crippen LogP contribution < -0.4 is 5.48 Å². The van der Waals surface area contributed by atoms with Crippen LogP contribution in [0, 0.1) is 17.5 Å². The van der Waals surface area contributed by atoms with Crippen LogP contribution in [-0.4, -0.2) is 24.2 Å². The highest BCUT2D eigenvalue weighted by molar-refractivity contribution is 5.67. The number of benzene rings is 1. The SMILES string of the molecule is CON[C@@H](CC(=O)O)Cc1cc(F)c(F)cc1F. The Labute approximate surface area is 101 Å². The molecule has 0 radical (unpaired) electrons. The third-order valence-corrected chi connectivity index (χ3v) is 2.26. The Balaban J connectivity index is 2.86. The topological polar surface area (TPSA) is 58.6 Å². The van der Waals surface area contributed by atoms with E-state index in [4.69, 9.17) is 5.11 Å². The van der Waals surface area contributed by atoms with Gasteiger partial charge in [-0.25, -0.2) is 13.2 Å². The lowest BCUT2D eigenvalue weighted by atomic mass is 10.0. The molecule has 1 atom stereocenters. The lowest BCUT2D eigenvalue weighted by molar-refractivity contribution is -0.138. The van der Waals surface area contributed by atoms with Crippen LogP contribution in [-0.2, 0) is 16.1 Å². The summed E-state index contributed by atoms with van der Waals surface area (Å²) in [5, 5.41) is 8.63. The Kier molecular flexibility index (Phi) is 5.11. The molecule has 7 heteroatoms. The van der Waals surface area contributed by atoms with E-state index in [1.165, 1.54) is 7.11 Å². The molecule has 0 saturated carbocycles. The molecular weight excluding hydrogens is 251 g/mol. The molecule has 1 aromatic rings. The average Bonchev–Trinajstić information content (AvgIpc) is 2.25. The van der Waals surface area contributed by atoms with Gasteiger partial charge in [0.25, 0.3) is 0 Å². The van der Waals surface area contributed by atoms with Crippen molar-refractivity contribution < 1.29 is 27.9 Å². The predicted octanol–water partition coefficient (Wildman–Crippen LogP) is 1.64. The van der Waals surface area contributed by atoms with E-state index >= 15 is 0 Å². The highest BCUT2D eigenvalue weighted by Crippen LogP contribution is 2.16. The molecule has 100 valence electrons. The standard InChI is InChI=1S/C11H12F3NO3/c1-18-15-7(4-11(16)17)2-6-3-9(13)10(14)5-8(6)12/h3,5,7,15H,2,4H2,1H3,(H,16,17)/t7-/m1/s1. The van der Waals surface area contributed by atoms with Gasteiger partial charge in [-0.15, -0.1) is 0 Å². The number of aliphatic carboxylic acids is 1. The zero-order valence-electron chi connectivity index (χ0n) is 9.54. The number of nitrogens with one attached hydrogen (secondary N) is 1. The largest absolute Gasteiger partial charge is 0.481 e. The van der Waals surface area contributed by atoms with Crippen LogP contribution in [0.15, 0.2) is 12.1 Å². The summed E-state index contributed by atoms with van der Waals surface area (Å²) in [7, 11) is 1.27. The number of hydrogen-bond donors (Lipinski definition) is 2. The summed E-state index contributed by atoms with van der Waals surface area (Å²) in [6, 6.07) is 0.387. The normalized spacial score (nSPS) is 12.4. The first-order chi connectivity index (χ1) is 8.43. The second kappa shape index (κ2) is 6.36. The third kappa shape index (κ3) is 4.01. The molecule has 0 aromatic heterocycles. The Morgan fingerprint density at radius 3 is 2.50 bits per heavy atom. The number of hydroxylamine groups is 1. The molecule has 0 spiro atoms. The Morgan fingerprint density at radius 2 is 1.94 bits per heavy atom. The van der Waals surface area contributed by atoms with Crippen molar-refractivity contribution in [2.24, 2.45) is 0 Å². The maximum atomic E-state index is 13.3. The number of carboxylic acid groups (broad SMARTS) is 1. The Bertz CT molecular complexity index is 440. The fourth-order valence-electron chi connectivity index (χ4n) is 1.52. The minimum Gasteiger partial charge on any atom is -0.481 e. The summed E-state index contributed by atoms with van der Waals surface area (Å²) in [6.07, 6.45) is -0.477. The van der Waals surface area contributed by atoms with Gasteiger partial charge < -0.3 is 9.94 Å². The first-order valence-electron chi connectivity index (χ1n) is 5.07. The summed E-state index contributed by atoms with van der Waals surface area (Å²) in [5.41, 5.74) is 2.24. The zero-order valence-corrected chi connectivity index (χ0v) is 9.54. The molecular formula is C11H12F3NO3. The van der Waals surface area contributed by atoms with E-state index in [1.807, 2.05) is 0 Å². The molecule has 1 rings (SSSR count). The molecule has 0 heterocycles. The zero-order chi connectivity index (χ0) is 13.7. The first kappa shape index (κ1) is 14.5. The van der Waals surface area contributed by atoms with Crippen LogP contribution >= 0.6 is 0 Å². The van der Waals surface area contributed by atoms with E-state index in [1.54, 1.807) is 0 Å². The molecule has 0 aliphatic rings. The van der Waals surface area contributed by atoms with Crippen molar-refractivity contribution in [3.63, 3.8) is 0 Å². The summed E-state index contributed by atoms with van der Waals surface area (Å²) >= 11 is 0. The minimum atomic E-state index is -1.29.